The van der Waals surface area contributed by atoms with Crippen molar-refractivity contribution < 1.29 is 0 Å². The average Bonchev–Trinajstić information content (AvgIpc) is 2.31. The zero-order valence-corrected chi connectivity index (χ0v) is 9.94. The summed E-state index contributed by atoms with van der Waals surface area (Å²) in [5.41, 5.74) is 1.80. The molecule has 0 amide bonds. The highest BCUT2D eigenvalue weighted by Crippen LogP contribution is 2.28. The van der Waals surface area contributed by atoms with Gasteiger partial charge < -0.3 is 0 Å². The van der Waals surface area contributed by atoms with Gasteiger partial charge in [0.2, 0.25) is 0 Å². The molecule has 4 heteroatoms. The molecule has 0 unspecified atom stereocenters. The van der Waals surface area contributed by atoms with Gasteiger partial charge in [-0.1, -0.05) is 36.4 Å². The highest BCUT2D eigenvalue weighted by atomic mass is 35.5. The first-order chi connectivity index (χ1) is 7.79. The van der Waals surface area contributed by atoms with E-state index in [0.29, 0.717) is 0 Å². The van der Waals surface area contributed by atoms with Gasteiger partial charge >= 0.3 is 0 Å². The Morgan fingerprint density at radius 2 is 1.00 bits per heavy atom. The molecule has 0 bridgehead atoms. The summed E-state index contributed by atoms with van der Waals surface area (Å²) >= 11 is 11.7. The molecule has 0 radical (unpaired) electrons. The van der Waals surface area contributed by atoms with Crippen LogP contribution in [0.25, 0.3) is 0 Å². The van der Waals surface area contributed by atoms with Gasteiger partial charge in [-0.3, -0.25) is 0 Å². The van der Waals surface area contributed by atoms with Gasteiger partial charge in [-0.05, 0) is 28.3 Å². The minimum Gasteiger partial charge on any atom is -0.246 e. The van der Waals surface area contributed by atoms with Crippen LogP contribution in [0.2, 0.25) is 0 Å². The van der Waals surface area contributed by atoms with E-state index in [0.717, 1.165) is 15.4 Å². The molecule has 0 saturated heterocycles. The molecule has 82 valence electrons. The van der Waals surface area contributed by atoms with Gasteiger partial charge in [-0.25, -0.2) is 5.01 Å². The van der Waals surface area contributed by atoms with Crippen LogP contribution in [0.15, 0.2) is 60.7 Å². The average molecular weight is 253 g/mol. The molecule has 0 aliphatic heterocycles. The molecule has 0 aromatic heterocycles. The van der Waals surface area contributed by atoms with Crippen LogP contribution in [0.3, 0.4) is 0 Å². The largest absolute Gasteiger partial charge is 0.246 e. The molecule has 0 heterocycles. The fourth-order valence-electron chi connectivity index (χ4n) is 1.46. The number of anilines is 2. The SMILES string of the molecule is ClN(Cl)N(c1ccccc1)c1ccccc1. The molecule has 2 aromatic carbocycles. The predicted octanol–water partition coefficient (Wildman–Crippen LogP) is 4.35. The summed E-state index contributed by atoms with van der Waals surface area (Å²) < 4.78 is 1.02. The number of halogens is 2. The van der Waals surface area contributed by atoms with Crippen molar-refractivity contribution in [3.05, 3.63) is 60.7 Å². The molecule has 0 N–H and O–H groups in total. The first kappa shape index (κ1) is 11.3. The summed E-state index contributed by atoms with van der Waals surface area (Å²) in [5.74, 6) is 0. The van der Waals surface area contributed by atoms with Crippen LogP contribution in [0, 0.1) is 0 Å². The fraction of sp³-hybridized carbons (Fsp3) is 0. The highest BCUT2D eigenvalue weighted by Gasteiger charge is 2.13. The van der Waals surface area contributed by atoms with Crippen molar-refractivity contribution in [1.29, 1.82) is 0 Å². The Bertz CT molecular complexity index is 392. The van der Waals surface area contributed by atoms with Gasteiger partial charge in [0.05, 0.1) is 11.4 Å². The third kappa shape index (κ3) is 2.47. The Morgan fingerprint density at radius 1 is 0.625 bits per heavy atom. The van der Waals surface area contributed by atoms with Crippen LogP contribution in [0.1, 0.15) is 0 Å². The monoisotopic (exact) mass is 252 g/mol. The van der Waals surface area contributed by atoms with Crippen molar-refractivity contribution in [2.24, 2.45) is 0 Å². The molecule has 16 heavy (non-hydrogen) atoms. The van der Waals surface area contributed by atoms with Crippen molar-refractivity contribution in [1.82, 2.24) is 4.05 Å². The lowest BCUT2D eigenvalue weighted by Gasteiger charge is -2.26. The van der Waals surface area contributed by atoms with Crippen LogP contribution < -0.4 is 5.01 Å². The second-order valence-electron chi connectivity index (χ2n) is 3.20. The summed E-state index contributed by atoms with van der Waals surface area (Å²) in [6.45, 7) is 0. The zero-order chi connectivity index (χ0) is 11.4. The van der Waals surface area contributed by atoms with Gasteiger partial charge in [0.15, 0.2) is 0 Å². The molecule has 2 rings (SSSR count). The molecule has 0 spiro atoms. The van der Waals surface area contributed by atoms with Crippen LogP contribution in [-0.2, 0) is 0 Å². The summed E-state index contributed by atoms with van der Waals surface area (Å²) in [7, 11) is 0. The van der Waals surface area contributed by atoms with E-state index >= 15 is 0 Å². The molecule has 0 fully saturated rings. The van der Waals surface area contributed by atoms with E-state index in [1.54, 1.807) is 5.01 Å². The molecule has 0 saturated carbocycles. The van der Waals surface area contributed by atoms with Crippen LogP contribution in [-0.4, -0.2) is 4.05 Å². The first-order valence-corrected chi connectivity index (χ1v) is 5.48. The quantitative estimate of drug-likeness (QED) is 0.592. The lowest BCUT2D eigenvalue weighted by Crippen LogP contribution is -2.23. The second kappa shape index (κ2) is 5.21. The van der Waals surface area contributed by atoms with E-state index in [1.165, 1.54) is 0 Å². The number of hydrogen-bond donors (Lipinski definition) is 0. The predicted molar refractivity (Wildman–Crippen MR) is 68.6 cm³/mol. The van der Waals surface area contributed by atoms with Gasteiger partial charge in [0.1, 0.15) is 0 Å². The topological polar surface area (TPSA) is 6.48 Å². The fourth-order valence-corrected chi connectivity index (χ4v) is 1.81. The maximum absolute atomic E-state index is 5.84. The zero-order valence-electron chi connectivity index (χ0n) is 8.42. The maximum Gasteiger partial charge on any atom is 0.0606 e. The second-order valence-corrected chi connectivity index (χ2v) is 4.01. The van der Waals surface area contributed by atoms with E-state index < -0.39 is 0 Å². The van der Waals surface area contributed by atoms with Crippen molar-refractivity contribution in [3.8, 4) is 0 Å². The molecule has 2 nitrogen and oxygen atoms in total. The van der Waals surface area contributed by atoms with Gasteiger partial charge in [0.25, 0.3) is 0 Å². The van der Waals surface area contributed by atoms with Crippen molar-refractivity contribution in [2.45, 2.75) is 0 Å². The Labute approximate surface area is 105 Å². The number of rotatable bonds is 3. The van der Waals surface area contributed by atoms with E-state index in [9.17, 15) is 0 Å². The number of hydrazine groups is 1. The summed E-state index contributed by atoms with van der Waals surface area (Å²) in [6, 6.07) is 19.4. The third-order valence-corrected chi connectivity index (χ3v) is 2.46. The smallest absolute Gasteiger partial charge is 0.0606 e. The lowest BCUT2D eigenvalue weighted by atomic mass is 10.2. The number of benzene rings is 2. The normalized spacial score (nSPS) is 10.4. The van der Waals surface area contributed by atoms with Crippen molar-refractivity contribution in [3.63, 3.8) is 0 Å². The van der Waals surface area contributed by atoms with Crippen LogP contribution in [0.4, 0.5) is 11.4 Å². The third-order valence-electron chi connectivity index (χ3n) is 2.15. The Balaban J connectivity index is 2.40. The number of hydrogen-bond acceptors (Lipinski definition) is 2. The standard InChI is InChI=1S/C12H10Cl2N2/c13-16(14)15(11-7-3-1-4-8-11)12-9-5-2-6-10-12/h1-10H. The van der Waals surface area contributed by atoms with Crippen molar-refractivity contribution in [2.75, 3.05) is 5.01 Å². The number of para-hydroxylation sites is 2. The molecule has 2 aromatic rings. The maximum atomic E-state index is 5.84. The van der Waals surface area contributed by atoms with E-state index in [1.807, 2.05) is 60.7 Å². The molecule has 0 aliphatic carbocycles. The highest BCUT2D eigenvalue weighted by molar-refractivity contribution is 6.34. The van der Waals surface area contributed by atoms with Crippen LogP contribution >= 0.6 is 23.6 Å². The first-order valence-electron chi connectivity index (χ1n) is 4.81. The minimum atomic E-state index is 0.902. The number of nitrogens with zero attached hydrogens (tertiary/aromatic N) is 2. The van der Waals surface area contributed by atoms with E-state index in [2.05, 4.69) is 0 Å². The summed E-state index contributed by atoms with van der Waals surface area (Å²) in [5, 5.41) is 1.70. The molecular formula is C12H10Cl2N2. The Kier molecular flexibility index (Phi) is 3.67. The summed E-state index contributed by atoms with van der Waals surface area (Å²) in [4.78, 5) is 0. The van der Waals surface area contributed by atoms with Gasteiger partial charge in [-0.2, -0.15) is 0 Å². The Morgan fingerprint density at radius 3 is 1.31 bits per heavy atom. The van der Waals surface area contributed by atoms with E-state index in [4.69, 9.17) is 23.6 Å². The van der Waals surface area contributed by atoms with E-state index in [-0.39, 0.29) is 0 Å². The molecule has 0 atom stereocenters. The van der Waals surface area contributed by atoms with Crippen molar-refractivity contribution >= 4 is 34.9 Å². The Hall–Kier alpha value is -1.22. The van der Waals surface area contributed by atoms with Crippen LogP contribution in [0.5, 0.6) is 0 Å². The molecular weight excluding hydrogens is 243 g/mol. The van der Waals surface area contributed by atoms with Gasteiger partial charge in [-0.15, -0.1) is 0 Å². The minimum absolute atomic E-state index is 0.902. The summed E-state index contributed by atoms with van der Waals surface area (Å²) in [6.07, 6.45) is 0. The molecule has 0 aliphatic rings. The van der Waals surface area contributed by atoms with Gasteiger partial charge in [0, 0.05) is 23.6 Å². The lowest BCUT2D eigenvalue weighted by molar-refractivity contribution is 0.723.